The SMILES string of the molecule is C[C@]1(c2cc3ccccc3o2)NC(=O)N(CC(=O)N2c3ccccc3OC[C@H]2c2ccccc2)C1=O. The Morgan fingerprint density at radius 2 is 1.72 bits per heavy atom. The third-order valence-electron chi connectivity index (χ3n) is 6.77. The summed E-state index contributed by atoms with van der Waals surface area (Å²) in [6.45, 7) is 1.42. The summed E-state index contributed by atoms with van der Waals surface area (Å²) in [6, 6.07) is 24.9. The van der Waals surface area contributed by atoms with Crippen molar-refractivity contribution < 1.29 is 23.5 Å². The number of hydrogen-bond acceptors (Lipinski definition) is 5. The minimum Gasteiger partial charge on any atom is -0.489 e. The highest BCUT2D eigenvalue weighted by Crippen LogP contribution is 2.40. The number of hydrogen-bond donors (Lipinski definition) is 1. The Kier molecular flexibility index (Phi) is 5.03. The van der Waals surface area contributed by atoms with Crippen molar-refractivity contribution in [3.05, 3.63) is 96.3 Å². The van der Waals surface area contributed by atoms with Crippen LogP contribution in [-0.2, 0) is 15.1 Å². The van der Waals surface area contributed by atoms with Gasteiger partial charge < -0.3 is 14.5 Å². The molecular formula is C28H23N3O5. The fraction of sp³-hybridized carbons (Fsp3) is 0.179. The van der Waals surface area contributed by atoms with Gasteiger partial charge in [-0.3, -0.25) is 19.4 Å². The molecule has 1 saturated heterocycles. The Hall–Kier alpha value is -4.59. The van der Waals surface area contributed by atoms with Crippen molar-refractivity contribution in [2.24, 2.45) is 0 Å². The molecule has 8 heteroatoms. The summed E-state index contributed by atoms with van der Waals surface area (Å²) in [5, 5.41) is 3.55. The van der Waals surface area contributed by atoms with Gasteiger partial charge in [0.1, 0.15) is 30.2 Å². The number of anilines is 1. The fourth-order valence-corrected chi connectivity index (χ4v) is 4.87. The summed E-state index contributed by atoms with van der Waals surface area (Å²) in [5.74, 6) is -0.0482. The van der Waals surface area contributed by atoms with E-state index in [4.69, 9.17) is 9.15 Å². The predicted molar refractivity (Wildman–Crippen MR) is 132 cm³/mol. The Morgan fingerprint density at radius 1 is 1.00 bits per heavy atom. The highest BCUT2D eigenvalue weighted by atomic mass is 16.5. The minimum absolute atomic E-state index is 0.254. The molecule has 1 N–H and O–H groups in total. The molecule has 4 amide bonds. The zero-order chi connectivity index (χ0) is 24.9. The van der Waals surface area contributed by atoms with Crippen LogP contribution in [0.1, 0.15) is 24.3 Å². The number of para-hydroxylation sites is 3. The molecule has 36 heavy (non-hydrogen) atoms. The van der Waals surface area contributed by atoms with Crippen LogP contribution in [0, 0.1) is 0 Å². The number of fused-ring (bicyclic) bond motifs is 2. The third kappa shape index (κ3) is 3.41. The molecule has 3 heterocycles. The molecule has 0 aliphatic carbocycles. The molecule has 6 rings (SSSR count). The monoisotopic (exact) mass is 481 g/mol. The van der Waals surface area contributed by atoms with Crippen molar-refractivity contribution >= 4 is 34.5 Å². The lowest BCUT2D eigenvalue weighted by molar-refractivity contribution is -0.134. The third-order valence-corrected chi connectivity index (χ3v) is 6.77. The quantitative estimate of drug-likeness (QED) is 0.437. The van der Waals surface area contributed by atoms with Crippen molar-refractivity contribution in [2.75, 3.05) is 18.1 Å². The Bertz CT molecular complexity index is 1460. The number of benzene rings is 3. The van der Waals surface area contributed by atoms with Gasteiger partial charge in [0, 0.05) is 5.39 Å². The van der Waals surface area contributed by atoms with Crippen LogP contribution < -0.4 is 15.0 Å². The first-order valence-electron chi connectivity index (χ1n) is 11.7. The van der Waals surface area contributed by atoms with Gasteiger partial charge >= 0.3 is 6.03 Å². The molecule has 180 valence electrons. The number of nitrogens with zero attached hydrogens (tertiary/aromatic N) is 2. The Balaban J connectivity index is 1.32. The standard InChI is InChI=1S/C28H23N3O5/c1-28(24-15-19-11-5-7-13-22(19)36-24)26(33)30(27(34)29-28)16-25(32)31-20-12-6-8-14-23(20)35-17-21(31)18-9-3-2-4-10-18/h2-15,21H,16-17H2,1H3,(H,29,34)/t21-,28+/m0/s1. The van der Waals surface area contributed by atoms with E-state index in [9.17, 15) is 14.4 Å². The molecule has 2 atom stereocenters. The number of carbonyl (C=O) groups excluding carboxylic acids is 3. The molecule has 2 aliphatic rings. The molecule has 1 aromatic heterocycles. The second-order valence-corrected chi connectivity index (χ2v) is 9.06. The van der Waals surface area contributed by atoms with Crippen LogP contribution in [0.5, 0.6) is 5.75 Å². The average molecular weight is 482 g/mol. The van der Waals surface area contributed by atoms with E-state index < -0.39 is 36.0 Å². The lowest BCUT2D eigenvalue weighted by Crippen LogP contribution is -2.48. The lowest BCUT2D eigenvalue weighted by atomic mass is 9.98. The van der Waals surface area contributed by atoms with Gasteiger partial charge in [-0.25, -0.2) is 4.79 Å². The van der Waals surface area contributed by atoms with Crippen molar-refractivity contribution in [1.82, 2.24) is 10.2 Å². The number of furan rings is 1. The van der Waals surface area contributed by atoms with E-state index in [1.807, 2.05) is 60.7 Å². The van der Waals surface area contributed by atoms with Crippen LogP contribution in [-0.4, -0.2) is 35.9 Å². The minimum atomic E-state index is -1.42. The number of ether oxygens (including phenoxy) is 1. The largest absolute Gasteiger partial charge is 0.489 e. The molecule has 0 bridgehead atoms. The molecule has 8 nitrogen and oxygen atoms in total. The molecule has 3 aromatic carbocycles. The molecule has 0 spiro atoms. The number of imide groups is 1. The summed E-state index contributed by atoms with van der Waals surface area (Å²) < 4.78 is 11.8. The van der Waals surface area contributed by atoms with Crippen LogP contribution in [0.3, 0.4) is 0 Å². The number of rotatable bonds is 4. The van der Waals surface area contributed by atoms with Crippen molar-refractivity contribution in [1.29, 1.82) is 0 Å². The van der Waals surface area contributed by atoms with Crippen LogP contribution in [0.15, 0.2) is 89.3 Å². The van der Waals surface area contributed by atoms with Gasteiger partial charge in [0.15, 0.2) is 5.54 Å². The van der Waals surface area contributed by atoms with Gasteiger partial charge in [-0.15, -0.1) is 0 Å². The first kappa shape index (κ1) is 21.9. The zero-order valence-corrected chi connectivity index (χ0v) is 19.5. The first-order chi connectivity index (χ1) is 17.5. The molecule has 0 radical (unpaired) electrons. The van der Waals surface area contributed by atoms with E-state index in [0.29, 0.717) is 22.8 Å². The topological polar surface area (TPSA) is 92.1 Å². The smallest absolute Gasteiger partial charge is 0.325 e. The van der Waals surface area contributed by atoms with Crippen LogP contribution in [0.4, 0.5) is 10.5 Å². The van der Waals surface area contributed by atoms with Crippen LogP contribution >= 0.6 is 0 Å². The first-order valence-corrected chi connectivity index (χ1v) is 11.7. The van der Waals surface area contributed by atoms with Crippen LogP contribution in [0.2, 0.25) is 0 Å². The van der Waals surface area contributed by atoms with Gasteiger partial charge in [0.2, 0.25) is 5.91 Å². The van der Waals surface area contributed by atoms with Gasteiger partial charge in [0.05, 0.1) is 11.7 Å². The van der Waals surface area contributed by atoms with E-state index in [1.54, 1.807) is 36.1 Å². The second-order valence-electron chi connectivity index (χ2n) is 9.06. The van der Waals surface area contributed by atoms with E-state index >= 15 is 0 Å². The fourth-order valence-electron chi connectivity index (χ4n) is 4.87. The normalized spacial score (nSPS) is 21.3. The molecule has 1 fully saturated rings. The van der Waals surface area contributed by atoms with Gasteiger partial charge in [-0.2, -0.15) is 0 Å². The highest BCUT2D eigenvalue weighted by Gasteiger charge is 2.52. The van der Waals surface area contributed by atoms with Crippen molar-refractivity contribution in [2.45, 2.75) is 18.5 Å². The van der Waals surface area contributed by atoms with Crippen LogP contribution in [0.25, 0.3) is 11.0 Å². The maximum absolute atomic E-state index is 13.8. The van der Waals surface area contributed by atoms with Gasteiger partial charge in [-0.1, -0.05) is 60.7 Å². The summed E-state index contributed by atoms with van der Waals surface area (Å²) in [7, 11) is 0. The van der Waals surface area contributed by atoms with E-state index in [-0.39, 0.29) is 6.61 Å². The summed E-state index contributed by atoms with van der Waals surface area (Å²) >= 11 is 0. The average Bonchev–Trinajstić information content (AvgIpc) is 3.44. The number of nitrogens with one attached hydrogen (secondary N) is 1. The van der Waals surface area contributed by atoms with Gasteiger partial charge in [0.25, 0.3) is 5.91 Å². The lowest BCUT2D eigenvalue weighted by Gasteiger charge is -2.37. The maximum atomic E-state index is 13.8. The van der Waals surface area contributed by atoms with Gasteiger partial charge in [-0.05, 0) is 36.8 Å². The number of urea groups is 1. The highest BCUT2D eigenvalue weighted by molar-refractivity contribution is 6.11. The maximum Gasteiger partial charge on any atom is 0.325 e. The van der Waals surface area contributed by atoms with Crippen molar-refractivity contribution in [3.8, 4) is 5.75 Å². The summed E-state index contributed by atoms with van der Waals surface area (Å²) in [5.41, 5.74) is 0.679. The molecule has 4 aromatic rings. The molecule has 0 saturated carbocycles. The summed E-state index contributed by atoms with van der Waals surface area (Å²) in [6.07, 6.45) is 0. The second kappa shape index (κ2) is 8.27. The Labute approximate surface area is 207 Å². The predicted octanol–water partition coefficient (Wildman–Crippen LogP) is 4.37. The molecular weight excluding hydrogens is 458 g/mol. The number of carbonyl (C=O) groups is 3. The summed E-state index contributed by atoms with van der Waals surface area (Å²) in [4.78, 5) is 42.8. The van der Waals surface area contributed by atoms with E-state index in [0.717, 1.165) is 15.8 Å². The molecule has 2 aliphatic heterocycles. The van der Waals surface area contributed by atoms with E-state index in [2.05, 4.69) is 5.32 Å². The van der Waals surface area contributed by atoms with E-state index in [1.165, 1.54) is 0 Å². The van der Waals surface area contributed by atoms with Crippen molar-refractivity contribution in [3.63, 3.8) is 0 Å². The molecule has 0 unspecified atom stereocenters. The number of amides is 4. The Morgan fingerprint density at radius 3 is 2.53 bits per heavy atom. The zero-order valence-electron chi connectivity index (χ0n) is 19.5.